The predicted octanol–water partition coefficient (Wildman–Crippen LogP) is 5.06. The fraction of sp³-hybridized carbons (Fsp3) is 0.536. The highest BCUT2D eigenvalue weighted by Crippen LogP contribution is 2.47. The molecule has 0 bridgehead atoms. The Bertz CT molecular complexity index is 976. The van der Waals surface area contributed by atoms with Gasteiger partial charge in [0.05, 0.1) is 0 Å². The maximum Gasteiger partial charge on any atom is 0.471 e. The van der Waals surface area contributed by atoms with Crippen molar-refractivity contribution in [1.29, 1.82) is 0 Å². The molecule has 1 N–H and O–H groups in total. The molecule has 5 nitrogen and oxygen atoms in total. The van der Waals surface area contributed by atoms with Gasteiger partial charge < -0.3 is 19.6 Å². The van der Waals surface area contributed by atoms with E-state index < -0.39 is 18.4 Å². The molecule has 2 aromatic carbocycles. The average Bonchev–Trinajstić information content (AvgIpc) is 3.66. The predicted molar refractivity (Wildman–Crippen MR) is 131 cm³/mol. The first-order chi connectivity index (χ1) is 17.3. The smallest absolute Gasteiger partial charge is 0.364 e. The van der Waals surface area contributed by atoms with Gasteiger partial charge in [0.2, 0.25) is 0 Å². The lowest BCUT2D eigenvalue weighted by molar-refractivity contribution is -0.189. The summed E-state index contributed by atoms with van der Waals surface area (Å²) < 4.78 is 45.6. The highest BCUT2D eigenvalue weighted by atomic mass is 19.4. The fourth-order valence-electron chi connectivity index (χ4n) is 5.31. The van der Waals surface area contributed by atoms with Crippen molar-refractivity contribution in [3.63, 3.8) is 0 Å². The van der Waals surface area contributed by atoms with Crippen LogP contribution in [0.2, 0.25) is 0 Å². The van der Waals surface area contributed by atoms with E-state index in [1.807, 2.05) is 61.5 Å². The number of benzene rings is 2. The SMILES string of the molecule is CCOC(O)c1ccc(CCCN2CCC(N(C(=O)C(F)(F)F)C3CC3c3ccccc3)CC2)cc1. The second kappa shape index (κ2) is 11.8. The Balaban J connectivity index is 1.27. The number of aliphatic hydroxyl groups is 1. The van der Waals surface area contributed by atoms with Crippen LogP contribution in [0.3, 0.4) is 0 Å². The summed E-state index contributed by atoms with van der Waals surface area (Å²) >= 11 is 0. The number of ether oxygens (including phenoxy) is 1. The first-order valence-electron chi connectivity index (χ1n) is 12.8. The van der Waals surface area contributed by atoms with Crippen molar-refractivity contribution in [2.45, 2.75) is 69.5 Å². The maximum atomic E-state index is 13.5. The standard InChI is InChI=1S/C28H35F3N2O3/c1-2-36-26(34)22-12-10-20(11-13-22)7-6-16-32-17-14-23(15-18-32)33(27(35)28(29,30)31)25-19-24(25)21-8-4-3-5-9-21/h3-5,8-13,23-26,34H,2,6-7,14-19H2,1H3. The Labute approximate surface area is 210 Å². The summed E-state index contributed by atoms with van der Waals surface area (Å²) in [7, 11) is 0. The molecule has 1 saturated heterocycles. The summed E-state index contributed by atoms with van der Waals surface area (Å²) in [4.78, 5) is 15.8. The van der Waals surface area contributed by atoms with Crippen molar-refractivity contribution in [2.75, 3.05) is 26.2 Å². The molecular formula is C28H35F3N2O3. The van der Waals surface area contributed by atoms with Gasteiger partial charge in [-0.15, -0.1) is 0 Å². The summed E-state index contributed by atoms with van der Waals surface area (Å²) in [5.41, 5.74) is 2.89. The number of halogens is 3. The lowest BCUT2D eigenvalue weighted by Crippen LogP contribution is -2.52. The number of hydrogen-bond donors (Lipinski definition) is 1. The van der Waals surface area contributed by atoms with E-state index in [1.54, 1.807) is 0 Å². The van der Waals surface area contributed by atoms with Gasteiger partial charge in [0.25, 0.3) is 0 Å². The van der Waals surface area contributed by atoms with Crippen molar-refractivity contribution in [1.82, 2.24) is 9.80 Å². The highest BCUT2D eigenvalue weighted by molar-refractivity contribution is 5.83. The Morgan fingerprint density at radius 3 is 2.39 bits per heavy atom. The number of amides is 1. The molecule has 4 rings (SSSR count). The molecule has 2 aromatic rings. The van der Waals surface area contributed by atoms with Gasteiger partial charge in [-0.1, -0.05) is 54.6 Å². The van der Waals surface area contributed by atoms with Crippen LogP contribution in [0, 0.1) is 0 Å². The number of nitrogens with zero attached hydrogens (tertiary/aromatic N) is 2. The normalized spacial score (nSPS) is 21.8. The van der Waals surface area contributed by atoms with Crippen LogP contribution < -0.4 is 0 Å². The molecule has 3 atom stereocenters. The van der Waals surface area contributed by atoms with Gasteiger partial charge in [-0.2, -0.15) is 13.2 Å². The largest absolute Gasteiger partial charge is 0.471 e. The average molecular weight is 505 g/mol. The Hall–Kier alpha value is -2.42. The minimum absolute atomic E-state index is 0.0171. The monoisotopic (exact) mass is 504 g/mol. The van der Waals surface area contributed by atoms with E-state index in [0.29, 0.717) is 39.0 Å². The molecule has 0 spiro atoms. The second-order valence-electron chi connectivity index (χ2n) is 9.76. The molecule has 36 heavy (non-hydrogen) atoms. The zero-order chi connectivity index (χ0) is 25.7. The summed E-state index contributed by atoms with van der Waals surface area (Å²) in [6.45, 7) is 4.51. The summed E-state index contributed by atoms with van der Waals surface area (Å²) in [6, 6.07) is 16.5. The zero-order valence-electron chi connectivity index (χ0n) is 20.7. The lowest BCUT2D eigenvalue weighted by atomic mass is 10.0. The number of aliphatic hydroxyl groups excluding tert-OH is 1. The third-order valence-corrected chi connectivity index (χ3v) is 7.30. The van der Waals surface area contributed by atoms with Gasteiger partial charge >= 0.3 is 12.1 Å². The third-order valence-electron chi connectivity index (χ3n) is 7.30. The van der Waals surface area contributed by atoms with E-state index in [2.05, 4.69) is 4.90 Å². The number of hydrogen-bond acceptors (Lipinski definition) is 4. The van der Waals surface area contributed by atoms with E-state index in [0.717, 1.165) is 35.4 Å². The van der Waals surface area contributed by atoms with E-state index in [4.69, 9.17) is 4.74 Å². The molecule has 196 valence electrons. The molecule has 1 heterocycles. The number of rotatable bonds is 10. The van der Waals surface area contributed by atoms with Crippen molar-refractivity contribution < 1.29 is 27.8 Å². The molecule has 2 aliphatic rings. The number of carbonyl (C=O) groups excluding carboxylic acids is 1. The van der Waals surface area contributed by atoms with Gasteiger partial charge in [-0.05, 0) is 56.7 Å². The lowest BCUT2D eigenvalue weighted by Gasteiger charge is -2.39. The molecule has 0 aromatic heterocycles. The van der Waals surface area contributed by atoms with Crippen LogP contribution >= 0.6 is 0 Å². The summed E-state index contributed by atoms with van der Waals surface area (Å²) in [6.07, 6.45) is -2.24. The molecule has 3 unspecified atom stereocenters. The molecule has 2 fully saturated rings. The first-order valence-corrected chi connectivity index (χ1v) is 12.8. The summed E-state index contributed by atoms with van der Waals surface area (Å²) in [5, 5.41) is 9.89. The fourth-order valence-corrected chi connectivity index (χ4v) is 5.31. The molecule has 8 heteroatoms. The molecule has 1 aliphatic carbocycles. The van der Waals surface area contributed by atoms with Crippen molar-refractivity contribution >= 4 is 5.91 Å². The van der Waals surface area contributed by atoms with Crippen LogP contribution in [0.25, 0.3) is 0 Å². The third kappa shape index (κ3) is 6.66. The van der Waals surface area contributed by atoms with Gasteiger partial charge in [-0.25, -0.2) is 0 Å². The maximum absolute atomic E-state index is 13.5. The van der Waals surface area contributed by atoms with Crippen LogP contribution in [0.1, 0.15) is 61.5 Å². The molecule has 1 saturated carbocycles. The minimum Gasteiger partial charge on any atom is -0.364 e. The van der Waals surface area contributed by atoms with Gasteiger partial charge in [0.15, 0.2) is 6.29 Å². The Morgan fingerprint density at radius 2 is 1.78 bits per heavy atom. The van der Waals surface area contributed by atoms with Crippen LogP contribution in [-0.4, -0.2) is 65.3 Å². The zero-order valence-corrected chi connectivity index (χ0v) is 20.7. The highest BCUT2D eigenvalue weighted by Gasteiger charge is 2.54. The van der Waals surface area contributed by atoms with E-state index >= 15 is 0 Å². The van der Waals surface area contributed by atoms with Gasteiger partial charge in [0, 0.05) is 43.3 Å². The number of aryl methyl sites for hydroxylation is 1. The summed E-state index contributed by atoms with van der Waals surface area (Å²) in [5.74, 6) is -1.71. The van der Waals surface area contributed by atoms with Gasteiger partial charge in [-0.3, -0.25) is 4.79 Å². The van der Waals surface area contributed by atoms with Gasteiger partial charge in [0.1, 0.15) is 0 Å². The van der Waals surface area contributed by atoms with Crippen molar-refractivity contribution in [3.8, 4) is 0 Å². The molecule has 1 amide bonds. The van der Waals surface area contributed by atoms with Crippen molar-refractivity contribution in [2.24, 2.45) is 0 Å². The first kappa shape index (κ1) is 26.6. The van der Waals surface area contributed by atoms with E-state index in [-0.39, 0.29) is 18.0 Å². The van der Waals surface area contributed by atoms with Crippen LogP contribution in [0.4, 0.5) is 13.2 Å². The van der Waals surface area contributed by atoms with Crippen LogP contribution in [0.15, 0.2) is 54.6 Å². The van der Waals surface area contributed by atoms with Crippen LogP contribution in [0.5, 0.6) is 0 Å². The second-order valence-corrected chi connectivity index (χ2v) is 9.76. The number of likely N-dealkylation sites (tertiary alicyclic amines) is 1. The van der Waals surface area contributed by atoms with Crippen molar-refractivity contribution in [3.05, 3.63) is 71.3 Å². The Morgan fingerprint density at radius 1 is 1.11 bits per heavy atom. The van der Waals surface area contributed by atoms with Crippen LogP contribution in [-0.2, 0) is 16.0 Å². The number of piperidine rings is 1. The minimum atomic E-state index is -4.85. The molecule has 1 aliphatic heterocycles. The topological polar surface area (TPSA) is 53.0 Å². The quantitative estimate of drug-likeness (QED) is 0.460. The number of alkyl halides is 3. The number of carbonyl (C=O) groups is 1. The van der Waals surface area contributed by atoms with E-state index in [1.165, 1.54) is 5.56 Å². The molecular weight excluding hydrogens is 469 g/mol. The Kier molecular flexibility index (Phi) is 8.70. The van der Waals surface area contributed by atoms with E-state index in [9.17, 15) is 23.1 Å². The molecule has 0 radical (unpaired) electrons.